The molecule has 108 valence electrons. The molecule has 1 aromatic carbocycles. The minimum absolute atomic E-state index is 0.0387. The molecule has 0 unspecified atom stereocenters. The van der Waals surface area contributed by atoms with Gasteiger partial charge in [-0.3, -0.25) is 4.79 Å². The highest BCUT2D eigenvalue weighted by Crippen LogP contribution is 2.21. The molecule has 1 N–H and O–H groups in total. The van der Waals surface area contributed by atoms with Crippen LogP contribution in [0.15, 0.2) is 23.8 Å². The van der Waals surface area contributed by atoms with Crippen LogP contribution in [0.1, 0.15) is 42.5 Å². The van der Waals surface area contributed by atoms with E-state index in [2.05, 4.69) is 11.4 Å². The predicted molar refractivity (Wildman–Crippen MR) is 74.9 cm³/mol. The molecule has 2 rings (SSSR count). The van der Waals surface area contributed by atoms with E-state index in [0.29, 0.717) is 6.54 Å². The van der Waals surface area contributed by atoms with Crippen molar-refractivity contribution >= 4 is 17.5 Å². The number of carbonyl (C=O) groups is 1. The van der Waals surface area contributed by atoms with E-state index >= 15 is 0 Å². The maximum atomic E-state index is 13.1. The normalized spacial score (nSPS) is 14.8. The number of hydrogen-bond donors (Lipinski definition) is 1. The maximum absolute atomic E-state index is 13.1. The summed E-state index contributed by atoms with van der Waals surface area (Å²) in [4.78, 5) is 11.9. The highest BCUT2D eigenvalue weighted by atomic mass is 35.5. The highest BCUT2D eigenvalue weighted by molar-refractivity contribution is 6.33. The van der Waals surface area contributed by atoms with E-state index in [9.17, 15) is 13.6 Å². The number of amides is 1. The number of carbonyl (C=O) groups excluding carboxylic acids is 1. The maximum Gasteiger partial charge on any atom is 0.252 e. The first-order chi connectivity index (χ1) is 9.58. The van der Waals surface area contributed by atoms with Crippen LogP contribution in [0.5, 0.6) is 0 Å². The van der Waals surface area contributed by atoms with E-state index in [1.54, 1.807) is 0 Å². The summed E-state index contributed by atoms with van der Waals surface area (Å²) in [6.45, 7) is 0.472. The van der Waals surface area contributed by atoms with E-state index in [4.69, 9.17) is 11.6 Å². The molecule has 0 aromatic heterocycles. The predicted octanol–water partition coefficient (Wildman–Crippen LogP) is 4.24. The Balaban J connectivity index is 1.92. The number of hydrogen-bond acceptors (Lipinski definition) is 1. The number of allylic oxidation sites excluding steroid dienone is 1. The van der Waals surface area contributed by atoms with Gasteiger partial charge in [0.05, 0.1) is 10.6 Å². The van der Waals surface area contributed by atoms with Crippen molar-refractivity contribution in [2.24, 2.45) is 0 Å². The monoisotopic (exact) mass is 299 g/mol. The summed E-state index contributed by atoms with van der Waals surface area (Å²) in [7, 11) is 0. The minimum atomic E-state index is -1.07. The molecule has 1 aliphatic rings. The molecule has 0 atom stereocenters. The lowest BCUT2D eigenvalue weighted by Gasteiger charge is -2.13. The van der Waals surface area contributed by atoms with Crippen LogP contribution >= 0.6 is 11.6 Å². The van der Waals surface area contributed by atoms with E-state index in [0.717, 1.165) is 31.4 Å². The Labute approximate surface area is 121 Å². The van der Waals surface area contributed by atoms with Crippen LogP contribution in [0, 0.1) is 11.6 Å². The van der Waals surface area contributed by atoms with Crippen molar-refractivity contribution in [1.82, 2.24) is 5.32 Å². The average molecular weight is 300 g/mol. The van der Waals surface area contributed by atoms with Gasteiger partial charge >= 0.3 is 0 Å². The van der Waals surface area contributed by atoms with Crippen LogP contribution in [0.3, 0.4) is 0 Å². The quantitative estimate of drug-likeness (QED) is 0.654. The fraction of sp³-hybridized carbons (Fsp3) is 0.400. The summed E-state index contributed by atoms with van der Waals surface area (Å²) in [6, 6.07) is 1.64. The fourth-order valence-electron chi connectivity index (χ4n) is 2.26. The molecular formula is C15H16ClF2NO. The van der Waals surface area contributed by atoms with Crippen LogP contribution < -0.4 is 5.32 Å². The second-order valence-electron chi connectivity index (χ2n) is 4.86. The van der Waals surface area contributed by atoms with Crippen molar-refractivity contribution in [3.8, 4) is 0 Å². The molecule has 20 heavy (non-hydrogen) atoms. The van der Waals surface area contributed by atoms with Gasteiger partial charge in [0, 0.05) is 6.54 Å². The molecule has 5 heteroatoms. The molecular weight excluding hydrogens is 284 g/mol. The van der Waals surface area contributed by atoms with Gasteiger partial charge in [0.15, 0.2) is 11.6 Å². The third-order valence-electron chi connectivity index (χ3n) is 3.37. The van der Waals surface area contributed by atoms with E-state index in [1.807, 2.05) is 0 Å². The van der Waals surface area contributed by atoms with Crippen LogP contribution in [0.4, 0.5) is 8.78 Å². The molecule has 0 bridgehead atoms. The van der Waals surface area contributed by atoms with Gasteiger partial charge in [0.2, 0.25) is 0 Å². The lowest BCUT2D eigenvalue weighted by molar-refractivity contribution is 0.0953. The van der Waals surface area contributed by atoms with Gasteiger partial charge in [0.1, 0.15) is 0 Å². The number of nitrogens with one attached hydrogen (secondary N) is 1. The molecule has 1 amide bonds. The third-order valence-corrected chi connectivity index (χ3v) is 3.68. The third kappa shape index (κ3) is 3.79. The molecule has 0 fully saturated rings. The van der Waals surface area contributed by atoms with Gasteiger partial charge in [0.25, 0.3) is 5.91 Å². The molecule has 2 nitrogen and oxygen atoms in total. The van der Waals surface area contributed by atoms with E-state index in [-0.39, 0.29) is 10.6 Å². The van der Waals surface area contributed by atoms with Crippen molar-refractivity contribution in [3.05, 3.63) is 46.0 Å². The highest BCUT2D eigenvalue weighted by Gasteiger charge is 2.14. The van der Waals surface area contributed by atoms with Gasteiger partial charge in [-0.05, 0) is 44.2 Å². The summed E-state index contributed by atoms with van der Waals surface area (Å²) >= 11 is 5.75. The molecule has 0 saturated heterocycles. The Morgan fingerprint density at radius 1 is 1.25 bits per heavy atom. The Hall–Kier alpha value is -1.42. The molecule has 0 saturated carbocycles. The number of benzene rings is 1. The zero-order valence-corrected chi connectivity index (χ0v) is 11.8. The zero-order valence-electron chi connectivity index (χ0n) is 11.0. The van der Waals surface area contributed by atoms with E-state index < -0.39 is 17.5 Å². The zero-order chi connectivity index (χ0) is 14.5. The molecule has 1 aromatic rings. The molecule has 0 radical (unpaired) electrons. The topological polar surface area (TPSA) is 29.1 Å². The lowest BCUT2D eigenvalue weighted by atomic mass is 9.97. The Morgan fingerprint density at radius 2 is 2.00 bits per heavy atom. The second-order valence-corrected chi connectivity index (χ2v) is 5.27. The van der Waals surface area contributed by atoms with Crippen molar-refractivity contribution < 1.29 is 13.6 Å². The smallest absolute Gasteiger partial charge is 0.252 e. The summed E-state index contributed by atoms with van der Waals surface area (Å²) in [5, 5.41) is 2.60. The fourth-order valence-corrected chi connectivity index (χ4v) is 2.50. The van der Waals surface area contributed by atoms with Gasteiger partial charge < -0.3 is 5.32 Å². The summed E-state index contributed by atoms with van der Waals surface area (Å²) in [5.74, 6) is -2.61. The summed E-state index contributed by atoms with van der Waals surface area (Å²) in [6.07, 6.45) is 7.57. The van der Waals surface area contributed by atoms with Crippen LogP contribution in [-0.2, 0) is 0 Å². The molecule has 0 heterocycles. The average Bonchev–Trinajstić information content (AvgIpc) is 2.44. The number of rotatable bonds is 4. The summed E-state index contributed by atoms with van der Waals surface area (Å²) < 4.78 is 26.0. The van der Waals surface area contributed by atoms with Crippen LogP contribution in [0.25, 0.3) is 0 Å². The van der Waals surface area contributed by atoms with E-state index in [1.165, 1.54) is 18.4 Å². The van der Waals surface area contributed by atoms with Crippen molar-refractivity contribution in [2.75, 3.05) is 6.54 Å². The molecule has 0 spiro atoms. The van der Waals surface area contributed by atoms with Gasteiger partial charge in [-0.2, -0.15) is 0 Å². The minimum Gasteiger partial charge on any atom is -0.352 e. The molecule has 1 aliphatic carbocycles. The second kappa shape index (κ2) is 6.84. The first kappa shape index (κ1) is 15.0. The SMILES string of the molecule is O=C(NCCC1=CCCCC1)c1cc(F)c(F)cc1Cl. The Morgan fingerprint density at radius 3 is 2.70 bits per heavy atom. The van der Waals surface area contributed by atoms with Crippen molar-refractivity contribution in [1.29, 1.82) is 0 Å². The Kier molecular flexibility index (Phi) is 5.12. The largest absolute Gasteiger partial charge is 0.352 e. The van der Waals surface area contributed by atoms with Gasteiger partial charge in [-0.15, -0.1) is 0 Å². The van der Waals surface area contributed by atoms with Gasteiger partial charge in [-0.25, -0.2) is 8.78 Å². The first-order valence-corrected chi connectivity index (χ1v) is 7.06. The molecule has 0 aliphatic heterocycles. The summed E-state index contributed by atoms with van der Waals surface area (Å²) in [5.41, 5.74) is 1.30. The van der Waals surface area contributed by atoms with Crippen molar-refractivity contribution in [3.63, 3.8) is 0 Å². The van der Waals surface area contributed by atoms with Crippen LogP contribution in [-0.4, -0.2) is 12.5 Å². The van der Waals surface area contributed by atoms with Gasteiger partial charge in [-0.1, -0.05) is 23.3 Å². The lowest BCUT2D eigenvalue weighted by Crippen LogP contribution is -2.25. The van der Waals surface area contributed by atoms with Crippen LogP contribution in [0.2, 0.25) is 5.02 Å². The first-order valence-electron chi connectivity index (χ1n) is 6.68. The Bertz CT molecular complexity index is 543. The standard InChI is InChI=1S/C15H16ClF2NO/c16-12-9-14(18)13(17)8-11(12)15(20)19-7-6-10-4-2-1-3-5-10/h4,8-9H,1-3,5-7H2,(H,19,20). The number of halogens is 3. The van der Waals surface area contributed by atoms with Crippen molar-refractivity contribution in [2.45, 2.75) is 32.1 Å².